The topological polar surface area (TPSA) is 26.3 Å². The Hall–Kier alpha value is -0.530. The zero-order valence-electron chi connectivity index (χ0n) is 7.71. The van der Waals surface area contributed by atoms with Gasteiger partial charge in [-0.25, -0.2) is 0 Å². The summed E-state index contributed by atoms with van der Waals surface area (Å²) in [4.78, 5) is 11.1. The smallest absolute Gasteiger partial charge is 0.310 e. The molecule has 0 N–H and O–H groups in total. The molecule has 0 atom stereocenters. The molecular weight excluding hydrogens is 152 g/mol. The minimum Gasteiger partial charge on any atom is -0.462 e. The van der Waals surface area contributed by atoms with Crippen LogP contribution in [0.15, 0.2) is 0 Å². The summed E-state index contributed by atoms with van der Waals surface area (Å²) in [6.45, 7) is 2.05. The molecule has 0 unspecified atom stereocenters. The van der Waals surface area contributed by atoms with Crippen molar-refractivity contribution in [1.82, 2.24) is 0 Å². The molecule has 0 amide bonds. The van der Waals surface area contributed by atoms with Crippen molar-refractivity contribution < 1.29 is 9.53 Å². The number of unbranched alkanes of at least 4 members (excludes halogenated alkanes) is 1. The highest BCUT2D eigenvalue weighted by Crippen LogP contribution is 2.21. The summed E-state index contributed by atoms with van der Waals surface area (Å²) < 4.78 is 5.22. The minimum atomic E-state index is -0.122. The maximum absolute atomic E-state index is 11.1. The molecule has 1 aliphatic carbocycles. The Bertz CT molecular complexity index is 137. The Labute approximate surface area is 74.3 Å². The number of esters is 1. The molecule has 0 aromatic heterocycles. The van der Waals surface area contributed by atoms with Crippen molar-refractivity contribution in [3.63, 3.8) is 0 Å². The molecule has 0 spiro atoms. The van der Waals surface area contributed by atoms with Crippen LogP contribution < -0.4 is 0 Å². The molecule has 1 saturated carbocycles. The Kier molecular flexibility index (Phi) is 4.12. The van der Waals surface area contributed by atoms with Crippen LogP contribution in [0.5, 0.6) is 0 Å². The van der Waals surface area contributed by atoms with Gasteiger partial charge in [-0.3, -0.25) is 4.79 Å². The molecule has 1 radical (unpaired) electrons. The first-order valence-electron chi connectivity index (χ1n) is 4.86. The Morgan fingerprint density at radius 1 is 1.50 bits per heavy atom. The predicted octanol–water partition coefficient (Wildman–Crippen LogP) is 2.48. The number of ether oxygens (including phenoxy) is 1. The van der Waals surface area contributed by atoms with Gasteiger partial charge in [0.2, 0.25) is 0 Å². The molecule has 0 heterocycles. The average Bonchev–Trinajstić information content (AvgIpc) is 2.53. The lowest BCUT2D eigenvalue weighted by atomic mass is 10.2. The number of hydrogen-bond donors (Lipinski definition) is 0. The molecule has 0 saturated heterocycles. The summed E-state index contributed by atoms with van der Waals surface area (Å²) in [5.41, 5.74) is 0. The van der Waals surface area contributed by atoms with E-state index in [1.165, 1.54) is 12.8 Å². The van der Waals surface area contributed by atoms with E-state index in [0.29, 0.717) is 0 Å². The van der Waals surface area contributed by atoms with Crippen LogP contribution in [-0.4, -0.2) is 12.1 Å². The van der Waals surface area contributed by atoms with Crippen LogP contribution in [0.3, 0.4) is 0 Å². The summed E-state index contributed by atoms with van der Waals surface area (Å²) in [5.74, 6) is -0.122. The maximum atomic E-state index is 11.1. The third-order valence-corrected chi connectivity index (χ3v) is 2.18. The number of carbonyl (C=O) groups is 1. The molecule has 2 nitrogen and oxygen atoms in total. The van der Waals surface area contributed by atoms with E-state index < -0.39 is 0 Å². The van der Waals surface area contributed by atoms with Gasteiger partial charge in [0.1, 0.15) is 6.10 Å². The van der Waals surface area contributed by atoms with Crippen LogP contribution >= 0.6 is 0 Å². The maximum Gasteiger partial charge on any atom is 0.310 e. The van der Waals surface area contributed by atoms with Crippen LogP contribution in [0, 0.1) is 6.42 Å². The monoisotopic (exact) mass is 169 g/mol. The molecule has 69 valence electrons. The van der Waals surface area contributed by atoms with Crippen LogP contribution in [0.25, 0.3) is 0 Å². The van der Waals surface area contributed by atoms with Crippen molar-refractivity contribution in [3.05, 3.63) is 6.42 Å². The van der Waals surface area contributed by atoms with Gasteiger partial charge < -0.3 is 4.74 Å². The van der Waals surface area contributed by atoms with Gasteiger partial charge in [-0.2, -0.15) is 0 Å². The van der Waals surface area contributed by atoms with Gasteiger partial charge in [0.15, 0.2) is 0 Å². The average molecular weight is 169 g/mol. The van der Waals surface area contributed by atoms with Crippen LogP contribution in [0.1, 0.15) is 45.4 Å². The Morgan fingerprint density at radius 2 is 2.17 bits per heavy atom. The Balaban J connectivity index is 2.08. The number of carbonyl (C=O) groups excluding carboxylic acids is 1. The van der Waals surface area contributed by atoms with Crippen molar-refractivity contribution in [2.24, 2.45) is 0 Å². The fourth-order valence-electron chi connectivity index (χ4n) is 1.48. The molecule has 2 heteroatoms. The lowest BCUT2D eigenvalue weighted by molar-refractivity contribution is -0.144. The fraction of sp³-hybridized carbons (Fsp3) is 0.800. The largest absolute Gasteiger partial charge is 0.462 e. The molecule has 1 fully saturated rings. The standard InChI is InChI=1S/C10H17O2/c1-2-3-8-10(11)12-9-6-4-5-7-9/h8-9H,2-7H2,1H3. The van der Waals surface area contributed by atoms with Crippen LogP contribution in [0.2, 0.25) is 0 Å². The second-order valence-corrected chi connectivity index (χ2v) is 3.34. The number of hydrogen-bond acceptors (Lipinski definition) is 2. The Morgan fingerprint density at radius 3 is 2.75 bits per heavy atom. The molecular formula is C10H17O2. The van der Waals surface area contributed by atoms with Crippen molar-refractivity contribution in [2.45, 2.75) is 51.6 Å². The first-order chi connectivity index (χ1) is 5.83. The summed E-state index contributed by atoms with van der Waals surface area (Å²) >= 11 is 0. The lowest BCUT2D eigenvalue weighted by Crippen LogP contribution is -2.14. The second-order valence-electron chi connectivity index (χ2n) is 3.34. The van der Waals surface area contributed by atoms with Crippen molar-refractivity contribution >= 4 is 5.97 Å². The highest BCUT2D eigenvalue weighted by atomic mass is 16.5. The minimum absolute atomic E-state index is 0.122. The second kappa shape index (κ2) is 5.18. The van der Waals surface area contributed by atoms with Gasteiger partial charge in [-0.05, 0) is 32.1 Å². The molecule has 0 aromatic carbocycles. The summed E-state index contributed by atoms with van der Waals surface area (Å²) in [6, 6.07) is 0. The van der Waals surface area contributed by atoms with E-state index in [2.05, 4.69) is 6.92 Å². The van der Waals surface area contributed by atoms with Gasteiger partial charge in [-0.1, -0.05) is 13.3 Å². The predicted molar refractivity (Wildman–Crippen MR) is 47.6 cm³/mol. The quantitative estimate of drug-likeness (QED) is 0.604. The van der Waals surface area contributed by atoms with Crippen LogP contribution in [-0.2, 0) is 9.53 Å². The third-order valence-electron chi connectivity index (χ3n) is 2.18. The zero-order valence-corrected chi connectivity index (χ0v) is 7.71. The molecule has 0 aliphatic heterocycles. The van der Waals surface area contributed by atoms with E-state index in [0.717, 1.165) is 25.7 Å². The molecule has 1 aliphatic rings. The zero-order chi connectivity index (χ0) is 8.81. The van der Waals surface area contributed by atoms with Crippen molar-refractivity contribution in [1.29, 1.82) is 0 Å². The summed E-state index contributed by atoms with van der Waals surface area (Å²) in [5, 5.41) is 0. The molecule has 1 rings (SSSR count). The SMILES string of the molecule is CCC[CH]C(=O)OC1CCCC1. The van der Waals surface area contributed by atoms with Gasteiger partial charge in [0, 0.05) is 0 Å². The van der Waals surface area contributed by atoms with Gasteiger partial charge in [-0.15, -0.1) is 0 Å². The van der Waals surface area contributed by atoms with E-state index >= 15 is 0 Å². The summed E-state index contributed by atoms with van der Waals surface area (Å²) in [7, 11) is 0. The van der Waals surface area contributed by atoms with E-state index in [1.807, 2.05) is 0 Å². The van der Waals surface area contributed by atoms with Gasteiger partial charge in [0.05, 0.1) is 6.42 Å². The van der Waals surface area contributed by atoms with Crippen molar-refractivity contribution in [3.8, 4) is 0 Å². The highest BCUT2D eigenvalue weighted by Gasteiger charge is 2.18. The van der Waals surface area contributed by atoms with E-state index in [1.54, 1.807) is 6.42 Å². The normalized spacial score (nSPS) is 18.1. The van der Waals surface area contributed by atoms with Gasteiger partial charge >= 0.3 is 5.97 Å². The van der Waals surface area contributed by atoms with Crippen molar-refractivity contribution in [2.75, 3.05) is 0 Å². The summed E-state index contributed by atoms with van der Waals surface area (Å²) in [6.07, 6.45) is 8.27. The third kappa shape index (κ3) is 3.24. The van der Waals surface area contributed by atoms with Gasteiger partial charge in [0.25, 0.3) is 0 Å². The number of rotatable bonds is 4. The fourth-order valence-corrected chi connectivity index (χ4v) is 1.48. The molecule has 0 bridgehead atoms. The van der Waals surface area contributed by atoms with Crippen LogP contribution in [0.4, 0.5) is 0 Å². The van der Waals surface area contributed by atoms with E-state index in [-0.39, 0.29) is 12.1 Å². The first kappa shape index (κ1) is 9.56. The highest BCUT2D eigenvalue weighted by molar-refractivity contribution is 5.78. The lowest BCUT2D eigenvalue weighted by Gasteiger charge is -2.10. The molecule has 0 aromatic rings. The van der Waals surface area contributed by atoms with E-state index in [9.17, 15) is 4.79 Å². The molecule has 12 heavy (non-hydrogen) atoms. The first-order valence-corrected chi connectivity index (χ1v) is 4.86. The van der Waals surface area contributed by atoms with E-state index in [4.69, 9.17) is 4.74 Å².